The van der Waals surface area contributed by atoms with Gasteiger partial charge in [0.1, 0.15) is 13.2 Å². The fourth-order valence-corrected chi connectivity index (χ4v) is 9.71. The minimum Gasteiger partial charge on any atom is -0.462 e. The van der Waals surface area contributed by atoms with E-state index in [2.05, 4.69) is 118 Å². The Balaban J connectivity index is 4.10. The molecule has 0 aromatic carbocycles. The number of unbranched alkanes of at least 4 members (excludes halogenated alkanes) is 35. The highest BCUT2D eigenvalue weighted by Gasteiger charge is 2.19. The lowest BCUT2D eigenvalue weighted by atomic mass is 10.0. The molecular formula is C74H128O6. The van der Waals surface area contributed by atoms with Gasteiger partial charge >= 0.3 is 17.9 Å². The van der Waals surface area contributed by atoms with E-state index in [-0.39, 0.29) is 31.1 Å². The molecule has 1 atom stereocenters. The number of ether oxygens (including phenoxy) is 3. The number of allylic oxidation sites excluding steroid dienone is 16. The van der Waals surface area contributed by atoms with Crippen molar-refractivity contribution in [3.8, 4) is 0 Å². The largest absolute Gasteiger partial charge is 0.462 e. The van der Waals surface area contributed by atoms with E-state index in [0.717, 1.165) is 109 Å². The molecule has 0 saturated heterocycles. The predicted octanol–water partition coefficient (Wildman–Crippen LogP) is 23.6. The number of carbonyl (C=O) groups excluding carboxylic acids is 3. The van der Waals surface area contributed by atoms with Gasteiger partial charge in [0.25, 0.3) is 0 Å². The molecule has 0 spiro atoms. The van der Waals surface area contributed by atoms with Crippen LogP contribution in [0.2, 0.25) is 0 Å². The van der Waals surface area contributed by atoms with Crippen molar-refractivity contribution in [2.24, 2.45) is 0 Å². The number of rotatable bonds is 62. The van der Waals surface area contributed by atoms with Crippen LogP contribution in [0.3, 0.4) is 0 Å². The molecule has 1 unspecified atom stereocenters. The van der Waals surface area contributed by atoms with Gasteiger partial charge in [0, 0.05) is 19.3 Å². The first-order chi connectivity index (χ1) is 39.5. The van der Waals surface area contributed by atoms with Crippen LogP contribution in [0.4, 0.5) is 0 Å². The van der Waals surface area contributed by atoms with Gasteiger partial charge in [-0.05, 0) is 103 Å². The molecule has 0 aliphatic carbocycles. The summed E-state index contributed by atoms with van der Waals surface area (Å²) in [5.74, 6) is -0.871. The Morgan fingerprint density at radius 1 is 0.263 bits per heavy atom. The predicted molar refractivity (Wildman–Crippen MR) is 348 cm³/mol. The van der Waals surface area contributed by atoms with Crippen LogP contribution in [-0.2, 0) is 28.6 Å². The molecule has 6 heteroatoms. The van der Waals surface area contributed by atoms with Crippen LogP contribution in [-0.4, -0.2) is 37.2 Å². The van der Waals surface area contributed by atoms with Crippen LogP contribution in [0.5, 0.6) is 0 Å². The van der Waals surface area contributed by atoms with Gasteiger partial charge in [0.15, 0.2) is 6.10 Å². The lowest BCUT2D eigenvalue weighted by molar-refractivity contribution is -0.167. The Morgan fingerprint density at radius 3 is 0.787 bits per heavy atom. The van der Waals surface area contributed by atoms with Crippen molar-refractivity contribution in [2.45, 2.75) is 341 Å². The number of carbonyl (C=O) groups is 3. The van der Waals surface area contributed by atoms with Crippen LogP contribution < -0.4 is 0 Å². The second-order valence-electron chi connectivity index (χ2n) is 22.7. The molecule has 6 nitrogen and oxygen atoms in total. The molecule has 0 saturated carbocycles. The van der Waals surface area contributed by atoms with Gasteiger partial charge in [-0.25, -0.2) is 0 Å². The summed E-state index contributed by atoms with van der Waals surface area (Å²) in [4.78, 5) is 38.2. The summed E-state index contributed by atoms with van der Waals surface area (Å²) in [6.07, 6.45) is 91.5. The van der Waals surface area contributed by atoms with Crippen LogP contribution in [0.1, 0.15) is 335 Å². The second-order valence-corrected chi connectivity index (χ2v) is 22.7. The van der Waals surface area contributed by atoms with Gasteiger partial charge in [-0.1, -0.05) is 311 Å². The van der Waals surface area contributed by atoms with Gasteiger partial charge in [-0.15, -0.1) is 0 Å². The Hall–Kier alpha value is -3.67. The molecule has 0 heterocycles. The first kappa shape index (κ1) is 76.3. The van der Waals surface area contributed by atoms with Gasteiger partial charge in [0.05, 0.1) is 0 Å². The Labute approximate surface area is 496 Å². The number of hydrogen-bond donors (Lipinski definition) is 0. The van der Waals surface area contributed by atoms with E-state index >= 15 is 0 Å². The van der Waals surface area contributed by atoms with Crippen molar-refractivity contribution in [1.29, 1.82) is 0 Å². The highest BCUT2D eigenvalue weighted by Crippen LogP contribution is 2.17. The first-order valence-corrected chi connectivity index (χ1v) is 34.2. The van der Waals surface area contributed by atoms with Gasteiger partial charge in [-0.2, -0.15) is 0 Å². The third-order valence-electron chi connectivity index (χ3n) is 14.8. The van der Waals surface area contributed by atoms with Crippen molar-refractivity contribution < 1.29 is 28.6 Å². The Morgan fingerprint density at radius 2 is 0.487 bits per heavy atom. The van der Waals surface area contributed by atoms with Gasteiger partial charge in [0.2, 0.25) is 0 Å². The summed E-state index contributed by atoms with van der Waals surface area (Å²) in [6.45, 7) is 6.51. The number of hydrogen-bond acceptors (Lipinski definition) is 6. The van der Waals surface area contributed by atoms with E-state index in [9.17, 15) is 14.4 Å². The zero-order valence-corrected chi connectivity index (χ0v) is 52.8. The average Bonchev–Trinajstić information content (AvgIpc) is 3.46. The Kier molecular flexibility index (Phi) is 64.7. The lowest BCUT2D eigenvalue weighted by Crippen LogP contribution is -2.30. The van der Waals surface area contributed by atoms with Crippen LogP contribution in [0, 0.1) is 0 Å². The molecule has 0 aliphatic heterocycles. The maximum atomic E-state index is 12.9. The maximum Gasteiger partial charge on any atom is 0.306 e. The molecular weight excluding hydrogens is 985 g/mol. The zero-order valence-electron chi connectivity index (χ0n) is 52.8. The lowest BCUT2D eigenvalue weighted by Gasteiger charge is -2.18. The smallest absolute Gasteiger partial charge is 0.306 e. The maximum absolute atomic E-state index is 12.9. The molecule has 0 aliphatic rings. The van der Waals surface area contributed by atoms with E-state index in [1.54, 1.807) is 0 Å². The summed E-state index contributed by atoms with van der Waals surface area (Å²) in [5, 5.41) is 0. The van der Waals surface area contributed by atoms with Crippen molar-refractivity contribution in [3.63, 3.8) is 0 Å². The standard InChI is InChI=1S/C74H128O6/c1-4-7-10-13-16-19-22-24-26-28-29-30-31-32-33-34-35-36-37-38-39-40-41-42-43-44-45-47-48-50-52-55-58-61-64-67-73(76)79-70-71(69-78-72(75)66-63-60-57-54-21-18-15-12-9-6-3)80-74(77)68-65-62-59-56-53-51-49-46-27-25-23-20-17-14-11-8-5-2/h7,10,16-17,19-20,24-27,29-30,32-33,35-36,71H,4-6,8-9,11-15,18,21-23,28,31,34,37-70H2,1-3H3/b10-7-,19-16-,20-17-,26-24-,27-25-,30-29-,33-32-,36-35-. The molecule has 0 fully saturated rings. The Bertz CT molecular complexity index is 1560. The second kappa shape index (κ2) is 67.8. The van der Waals surface area contributed by atoms with E-state index in [1.165, 1.54) is 186 Å². The molecule has 460 valence electrons. The molecule has 0 amide bonds. The van der Waals surface area contributed by atoms with Crippen molar-refractivity contribution >= 4 is 17.9 Å². The normalized spacial score (nSPS) is 12.7. The van der Waals surface area contributed by atoms with Crippen LogP contribution in [0.15, 0.2) is 97.2 Å². The molecule has 0 N–H and O–H groups in total. The van der Waals surface area contributed by atoms with Gasteiger partial charge in [-0.3, -0.25) is 14.4 Å². The minimum atomic E-state index is -0.778. The average molecular weight is 1110 g/mol. The third-order valence-corrected chi connectivity index (χ3v) is 14.8. The van der Waals surface area contributed by atoms with E-state index in [0.29, 0.717) is 19.3 Å². The van der Waals surface area contributed by atoms with E-state index in [4.69, 9.17) is 14.2 Å². The summed E-state index contributed by atoms with van der Waals surface area (Å²) in [5.41, 5.74) is 0. The van der Waals surface area contributed by atoms with E-state index in [1.807, 2.05) is 0 Å². The summed E-state index contributed by atoms with van der Waals surface area (Å²) in [7, 11) is 0. The monoisotopic (exact) mass is 1110 g/mol. The molecule has 0 aromatic heterocycles. The molecule has 80 heavy (non-hydrogen) atoms. The van der Waals surface area contributed by atoms with E-state index < -0.39 is 6.10 Å². The first-order valence-electron chi connectivity index (χ1n) is 34.2. The topological polar surface area (TPSA) is 78.9 Å². The SMILES string of the molecule is CC/C=C\C/C=C\C/C=C\C/C=C\C/C=C\C/C=C\CCCCCCCCCCCCCCCCCCC(=O)OCC(COC(=O)CCCCCCCCCCCC)OC(=O)CCCCCCCCC/C=C\C/C=C\CCCCC. The zero-order chi connectivity index (χ0) is 57.8. The quantitative estimate of drug-likeness (QED) is 0.0261. The summed E-state index contributed by atoms with van der Waals surface area (Å²) >= 11 is 0. The van der Waals surface area contributed by atoms with Gasteiger partial charge < -0.3 is 14.2 Å². The molecule has 0 aromatic rings. The highest BCUT2D eigenvalue weighted by molar-refractivity contribution is 5.71. The van der Waals surface area contributed by atoms with Crippen molar-refractivity contribution in [2.75, 3.05) is 13.2 Å². The minimum absolute atomic E-state index is 0.0755. The molecule has 0 radical (unpaired) electrons. The van der Waals surface area contributed by atoms with Crippen LogP contribution >= 0.6 is 0 Å². The fourth-order valence-electron chi connectivity index (χ4n) is 9.71. The summed E-state index contributed by atoms with van der Waals surface area (Å²) < 4.78 is 16.9. The number of esters is 3. The van der Waals surface area contributed by atoms with Crippen molar-refractivity contribution in [3.05, 3.63) is 97.2 Å². The molecule has 0 bridgehead atoms. The van der Waals surface area contributed by atoms with Crippen molar-refractivity contribution in [1.82, 2.24) is 0 Å². The molecule has 0 rings (SSSR count). The third kappa shape index (κ3) is 65.1. The summed E-state index contributed by atoms with van der Waals surface area (Å²) in [6, 6.07) is 0. The highest BCUT2D eigenvalue weighted by atomic mass is 16.6. The van der Waals surface area contributed by atoms with Crippen LogP contribution in [0.25, 0.3) is 0 Å². The fraction of sp³-hybridized carbons (Fsp3) is 0.743.